The van der Waals surface area contributed by atoms with Gasteiger partial charge >= 0.3 is 6.09 Å². The molecular weight excluding hydrogens is 482 g/mol. The SMILES string of the molecule is COCC1Oc2nc(-c3ccc(C4(N(C(=O)O)C(C)(C)C)CCC4)cc3)c(-c3ccccc3)cc2NC1=O. The standard InChI is InChI=1S/C30H33N3O5/c1-29(2,3)33(28(35)36)30(15-8-16-30)21-13-11-20(12-14-21)25-22(19-9-6-5-7-10-19)17-23-27(32-25)38-24(18-37-4)26(34)31-23/h5-7,9-14,17,24H,8,15-16,18H2,1-4H3,(H,31,34)(H,35,36). The molecule has 2 heterocycles. The highest BCUT2D eigenvalue weighted by Crippen LogP contribution is 2.50. The predicted octanol–water partition coefficient (Wildman–Crippen LogP) is 5.92. The van der Waals surface area contributed by atoms with Gasteiger partial charge < -0.3 is 19.9 Å². The summed E-state index contributed by atoms with van der Waals surface area (Å²) in [7, 11) is 1.52. The topological polar surface area (TPSA) is 101 Å². The first-order valence-electron chi connectivity index (χ1n) is 12.9. The summed E-state index contributed by atoms with van der Waals surface area (Å²) in [5, 5.41) is 13.0. The molecule has 2 aliphatic rings. The summed E-state index contributed by atoms with van der Waals surface area (Å²) in [5.74, 6) is 0.0653. The highest BCUT2D eigenvalue weighted by atomic mass is 16.5. The third-order valence-electron chi connectivity index (χ3n) is 7.36. The van der Waals surface area contributed by atoms with Crippen LogP contribution in [0.1, 0.15) is 45.6 Å². The quantitative estimate of drug-likeness (QED) is 0.423. The Morgan fingerprint density at radius 3 is 2.37 bits per heavy atom. The molecule has 2 amide bonds. The highest BCUT2D eigenvalue weighted by Gasteiger charge is 2.50. The molecular formula is C30H33N3O5. The summed E-state index contributed by atoms with van der Waals surface area (Å²) in [6, 6.07) is 19.8. The van der Waals surface area contributed by atoms with Gasteiger partial charge in [0.1, 0.15) is 5.69 Å². The van der Waals surface area contributed by atoms with Gasteiger partial charge in [-0.2, -0.15) is 0 Å². The number of nitrogens with one attached hydrogen (secondary N) is 1. The first-order chi connectivity index (χ1) is 18.1. The van der Waals surface area contributed by atoms with E-state index in [0.29, 0.717) is 17.3 Å². The van der Waals surface area contributed by atoms with Crippen LogP contribution in [0.3, 0.4) is 0 Å². The molecule has 0 spiro atoms. The van der Waals surface area contributed by atoms with Gasteiger partial charge in [0, 0.05) is 23.8 Å². The second kappa shape index (κ2) is 9.76. The molecule has 1 aliphatic heterocycles. The van der Waals surface area contributed by atoms with E-state index < -0.39 is 23.3 Å². The fourth-order valence-corrected chi connectivity index (χ4v) is 5.60. The number of hydrogen-bond donors (Lipinski definition) is 2. The average Bonchev–Trinajstić information content (AvgIpc) is 2.86. The molecule has 0 radical (unpaired) electrons. The monoisotopic (exact) mass is 515 g/mol. The van der Waals surface area contributed by atoms with E-state index in [1.54, 1.807) is 4.90 Å². The van der Waals surface area contributed by atoms with E-state index in [0.717, 1.165) is 41.5 Å². The van der Waals surface area contributed by atoms with Crippen LogP contribution >= 0.6 is 0 Å². The van der Waals surface area contributed by atoms with E-state index >= 15 is 0 Å². The zero-order chi connectivity index (χ0) is 27.1. The van der Waals surface area contributed by atoms with Crippen molar-refractivity contribution in [2.45, 2.75) is 57.2 Å². The lowest BCUT2D eigenvalue weighted by Crippen LogP contribution is -2.60. The Hall–Kier alpha value is -3.91. The van der Waals surface area contributed by atoms with Crippen molar-refractivity contribution >= 4 is 17.7 Å². The van der Waals surface area contributed by atoms with Gasteiger partial charge in [0.25, 0.3) is 5.91 Å². The zero-order valence-electron chi connectivity index (χ0n) is 22.2. The van der Waals surface area contributed by atoms with Crippen LogP contribution in [-0.2, 0) is 15.1 Å². The summed E-state index contributed by atoms with van der Waals surface area (Å²) in [5.41, 5.74) is 3.79. The predicted molar refractivity (Wildman–Crippen MR) is 145 cm³/mol. The van der Waals surface area contributed by atoms with Crippen LogP contribution in [0.5, 0.6) is 5.88 Å². The lowest BCUT2D eigenvalue weighted by Gasteiger charge is -2.54. The van der Waals surface area contributed by atoms with E-state index in [9.17, 15) is 14.7 Å². The minimum atomic E-state index is -0.909. The van der Waals surface area contributed by atoms with E-state index in [1.807, 2.05) is 81.4 Å². The fraction of sp³-hybridized carbons (Fsp3) is 0.367. The minimum absolute atomic E-state index is 0.118. The van der Waals surface area contributed by atoms with E-state index in [1.165, 1.54) is 7.11 Å². The first kappa shape index (κ1) is 25.7. The summed E-state index contributed by atoms with van der Waals surface area (Å²) in [6.07, 6.45) is 0.870. The van der Waals surface area contributed by atoms with Gasteiger partial charge in [-0.05, 0) is 57.2 Å². The van der Waals surface area contributed by atoms with Gasteiger partial charge in [-0.25, -0.2) is 9.78 Å². The van der Waals surface area contributed by atoms with Crippen molar-refractivity contribution in [1.82, 2.24) is 9.88 Å². The summed E-state index contributed by atoms with van der Waals surface area (Å²) < 4.78 is 11.1. The van der Waals surface area contributed by atoms with Crippen LogP contribution in [0, 0.1) is 0 Å². The number of hydrogen-bond acceptors (Lipinski definition) is 5. The largest absolute Gasteiger partial charge is 0.465 e. The molecule has 1 aromatic heterocycles. The molecule has 198 valence electrons. The van der Waals surface area contributed by atoms with Gasteiger partial charge in [0.15, 0.2) is 0 Å². The van der Waals surface area contributed by atoms with Crippen LogP contribution < -0.4 is 10.1 Å². The number of aromatic nitrogens is 1. The van der Waals surface area contributed by atoms with Crippen LogP contribution in [-0.4, -0.2) is 52.4 Å². The second-order valence-electron chi connectivity index (χ2n) is 10.9. The number of benzene rings is 2. The number of anilines is 1. The Bertz CT molecular complexity index is 1340. The van der Waals surface area contributed by atoms with Crippen LogP contribution in [0.4, 0.5) is 10.5 Å². The van der Waals surface area contributed by atoms with Crippen molar-refractivity contribution in [2.24, 2.45) is 0 Å². The van der Waals surface area contributed by atoms with Gasteiger partial charge in [-0.15, -0.1) is 0 Å². The van der Waals surface area contributed by atoms with Crippen molar-refractivity contribution in [3.05, 3.63) is 66.2 Å². The van der Waals surface area contributed by atoms with E-state index in [-0.39, 0.29) is 12.5 Å². The van der Waals surface area contributed by atoms with Crippen LogP contribution in [0.2, 0.25) is 0 Å². The molecule has 8 heteroatoms. The Balaban J connectivity index is 1.58. The number of ether oxygens (including phenoxy) is 2. The molecule has 0 saturated heterocycles. The molecule has 1 aliphatic carbocycles. The van der Waals surface area contributed by atoms with Crippen molar-refractivity contribution in [3.8, 4) is 28.3 Å². The maximum atomic E-state index is 12.5. The number of carboxylic acid groups (broad SMARTS) is 1. The summed E-state index contributed by atoms with van der Waals surface area (Å²) in [4.78, 5) is 31.3. The van der Waals surface area contributed by atoms with Gasteiger partial charge in [0.05, 0.1) is 17.8 Å². The number of carbonyl (C=O) groups is 2. The molecule has 8 nitrogen and oxygen atoms in total. The summed E-state index contributed by atoms with van der Waals surface area (Å²) in [6.45, 7) is 5.93. The number of methoxy groups -OCH3 is 1. The Labute approximate surface area is 222 Å². The Kier molecular flexibility index (Phi) is 6.61. The lowest BCUT2D eigenvalue weighted by molar-refractivity contribution is -0.125. The number of rotatable bonds is 6. The van der Waals surface area contributed by atoms with Gasteiger partial charge in [0.2, 0.25) is 12.0 Å². The Morgan fingerprint density at radius 2 is 1.82 bits per heavy atom. The highest BCUT2D eigenvalue weighted by molar-refractivity contribution is 5.99. The Morgan fingerprint density at radius 1 is 1.13 bits per heavy atom. The molecule has 1 fully saturated rings. The van der Waals surface area contributed by atoms with E-state index in [2.05, 4.69) is 5.32 Å². The number of pyridine rings is 1. The number of amides is 2. The van der Waals surface area contributed by atoms with E-state index in [4.69, 9.17) is 14.5 Å². The number of carbonyl (C=O) groups excluding carboxylic acids is 1. The molecule has 38 heavy (non-hydrogen) atoms. The maximum absolute atomic E-state index is 12.5. The van der Waals surface area contributed by atoms with Crippen LogP contribution in [0.15, 0.2) is 60.7 Å². The van der Waals surface area contributed by atoms with Gasteiger partial charge in [-0.1, -0.05) is 54.6 Å². The third kappa shape index (κ3) is 4.49. The molecule has 1 saturated carbocycles. The number of fused-ring (bicyclic) bond motifs is 1. The molecule has 5 rings (SSSR count). The average molecular weight is 516 g/mol. The molecule has 3 aromatic rings. The van der Waals surface area contributed by atoms with Crippen molar-refractivity contribution in [2.75, 3.05) is 19.0 Å². The minimum Gasteiger partial charge on any atom is -0.465 e. The smallest absolute Gasteiger partial charge is 0.408 e. The molecule has 0 bridgehead atoms. The third-order valence-corrected chi connectivity index (χ3v) is 7.36. The lowest BCUT2D eigenvalue weighted by atomic mass is 9.69. The first-order valence-corrected chi connectivity index (χ1v) is 12.9. The number of nitrogens with zero attached hydrogens (tertiary/aromatic N) is 2. The van der Waals surface area contributed by atoms with Crippen LogP contribution in [0.25, 0.3) is 22.4 Å². The molecule has 2 N–H and O–H groups in total. The normalized spacial score (nSPS) is 18.0. The molecule has 1 atom stereocenters. The maximum Gasteiger partial charge on any atom is 0.408 e. The molecule has 1 unspecified atom stereocenters. The van der Waals surface area contributed by atoms with Crippen molar-refractivity contribution in [3.63, 3.8) is 0 Å². The van der Waals surface area contributed by atoms with Crippen molar-refractivity contribution in [1.29, 1.82) is 0 Å². The fourth-order valence-electron chi connectivity index (χ4n) is 5.60. The van der Waals surface area contributed by atoms with Crippen molar-refractivity contribution < 1.29 is 24.2 Å². The second-order valence-corrected chi connectivity index (χ2v) is 10.9. The summed E-state index contributed by atoms with van der Waals surface area (Å²) >= 11 is 0. The van der Waals surface area contributed by atoms with Gasteiger partial charge in [-0.3, -0.25) is 9.69 Å². The molecule has 2 aromatic carbocycles. The zero-order valence-corrected chi connectivity index (χ0v) is 22.2.